The van der Waals surface area contributed by atoms with Gasteiger partial charge in [-0.15, -0.1) is 0 Å². The van der Waals surface area contributed by atoms with Gasteiger partial charge in [0.1, 0.15) is 5.75 Å². The summed E-state index contributed by atoms with van der Waals surface area (Å²) in [6, 6.07) is 19.8. The van der Waals surface area contributed by atoms with Gasteiger partial charge in [0.05, 0.1) is 0 Å². The molecule has 0 aromatic heterocycles. The van der Waals surface area contributed by atoms with Gasteiger partial charge in [-0.2, -0.15) is 0 Å². The van der Waals surface area contributed by atoms with Gasteiger partial charge < -0.3 is 4.74 Å². The molecule has 2 N–H and O–H groups in total. The zero-order chi connectivity index (χ0) is 17.6. The fourth-order valence-corrected chi connectivity index (χ4v) is 2.37. The zero-order valence-corrected chi connectivity index (χ0v) is 13.9. The predicted octanol–water partition coefficient (Wildman–Crippen LogP) is 3.33. The molecule has 0 saturated heterocycles. The van der Waals surface area contributed by atoms with Crippen LogP contribution < -0.4 is 15.6 Å². The van der Waals surface area contributed by atoms with Gasteiger partial charge in [-0.25, -0.2) is 0 Å². The lowest BCUT2D eigenvalue weighted by Crippen LogP contribution is -2.43. The largest absolute Gasteiger partial charge is 0.484 e. The molecule has 0 heterocycles. The van der Waals surface area contributed by atoms with E-state index >= 15 is 0 Å². The van der Waals surface area contributed by atoms with Crippen LogP contribution in [0.2, 0.25) is 5.02 Å². The molecule has 0 aliphatic heterocycles. The summed E-state index contributed by atoms with van der Waals surface area (Å²) >= 11 is 5.76. The van der Waals surface area contributed by atoms with Crippen LogP contribution in [0.25, 0.3) is 10.8 Å². The first-order valence-corrected chi connectivity index (χ1v) is 7.96. The molecule has 0 aliphatic carbocycles. The number of hydrazine groups is 1. The number of amides is 2. The summed E-state index contributed by atoms with van der Waals surface area (Å²) in [5, 5.41) is 2.65. The van der Waals surface area contributed by atoms with Crippen molar-refractivity contribution in [2.75, 3.05) is 6.61 Å². The van der Waals surface area contributed by atoms with Crippen LogP contribution in [-0.2, 0) is 4.79 Å². The lowest BCUT2D eigenvalue weighted by molar-refractivity contribution is -0.123. The summed E-state index contributed by atoms with van der Waals surface area (Å²) in [6.07, 6.45) is 0. The number of benzene rings is 3. The first-order chi connectivity index (χ1) is 12.1. The Labute approximate surface area is 149 Å². The second-order valence-corrected chi connectivity index (χ2v) is 5.74. The average Bonchev–Trinajstić information content (AvgIpc) is 2.65. The summed E-state index contributed by atoms with van der Waals surface area (Å²) < 4.78 is 5.45. The van der Waals surface area contributed by atoms with E-state index in [-0.39, 0.29) is 6.61 Å². The van der Waals surface area contributed by atoms with E-state index in [1.54, 1.807) is 30.3 Å². The van der Waals surface area contributed by atoms with E-state index in [1.807, 2.05) is 36.4 Å². The third-order valence-electron chi connectivity index (χ3n) is 3.51. The second-order valence-electron chi connectivity index (χ2n) is 5.31. The number of hydrogen-bond donors (Lipinski definition) is 2. The van der Waals surface area contributed by atoms with Gasteiger partial charge in [-0.1, -0.05) is 41.9 Å². The highest BCUT2D eigenvalue weighted by Gasteiger charge is 2.08. The Morgan fingerprint density at radius 1 is 0.880 bits per heavy atom. The van der Waals surface area contributed by atoms with E-state index in [2.05, 4.69) is 10.9 Å². The van der Waals surface area contributed by atoms with Gasteiger partial charge in [0, 0.05) is 10.6 Å². The topological polar surface area (TPSA) is 67.4 Å². The van der Waals surface area contributed by atoms with E-state index in [0.29, 0.717) is 16.3 Å². The number of carbonyl (C=O) groups is 2. The van der Waals surface area contributed by atoms with E-state index in [9.17, 15) is 9.59 Å². The van der Waals surface area contributed by atoms with Crippen molar-refractivity contribution in [3.8, 4) is 5.75 Å². The lowest BCUT2D eigenvalue weighted by Gasteiger charge is -2.09. The van der Waals surface area contributed by atoms with Crippen LogP contribution in [-0.4, -0.2) is 18.4 Å². The molecule has 3 aromatic carbocycles. The Balaban J connectivity index is 1.50. The highest BCUT2D eigenvalue weighted by Crippen LogP contribution is 2.20. The van der Waals surface area contributed by atoms with Crippen molar-refractivity contribution < 1.29 is 14.3 Å². The minimum atomic E-state index is -0.463. The van der Waals surface area contributed by atoms with Crippen molar-refractivity contribution >= 4 is 34.2 Å². The number of rotatable bonds is 4. The molecule has 5 nitrogen and oxygen atoms in total. The normalized spacial score (nSPS) is 10.3. The van der Waals surface area contributed by atoms with E-state index in [4.69, 9.17) is 16.3 Å². The van der Waals surface area contributed by atoms with Gasteiger partial charge in [-0.05, 0) is 47.2 Å². The first kappa shape index (κ1) is 16.8. The van der Waals surface area contributed by atoms with Crippen molar-refractivity contribution in [3.63, 3.8) is 0 Å². The van der Waals surface area contributed by atoms with Gasteiger partial charge in [0.25, 0.3) is 11.8 Å². The number of fused-ring (bicyclic) bond motifs is 1. The van der Waals surface area contributed by atoms with Crippen molar-refractivity contribution in [1.82, 2.24) is 10.9 Å². The fraction of sp³-hybridized carbons (Fsp3) is 0.0526. The Bertz CT molecular complexity index is 910. The molecule has 6 heteroatoms. The van der Waals surface area contributed by atoms with Crippen molar-refractivity contribution in [2.24, 2.45) is 0 Å². The molecular weight excluding hydrogens is 340 g/mol. The Kier molecular flexibility index (Phi) is 5.16. The molecule has 0 spiro atoms. The smallest absolute Gasteiger partial charge is 0.276 e. The molecular formula is C19H15ClN2O3. The maximum atomic E-state index is 11.9. The second kappa shape index (κ2) is 7.68. The van der Waals surface area contributed by atoms with Crippen LogP contribution in [0.5, 0.6) is 5.75 Å². The highest BCUT2D eigenvalue weighted by molar-refractivity contribution is 6.30. The monoisotopic (exact) mass is 354 g/mol. The van der Waals surface area contributed by atoms with E-state index in [1.165, 1.54) is 0 Å². The third kappa shape index (κ3) is 4.49. The SMILES string of the molecule is O=C(COc1ccc2ccccc2c1)NNC(=O)c1ccc(Cl)cc1. The van der Waals surface area contributed by atoms with Crippen molar-refractivity contribution in [3.05, 3.63) is 77.3 Å². The van der Waals surface area contributed by atoms with Crippen LogP contribution in [0.15, 0.2) is 66.7 Å². The third-order valence-corrected chi connectivity index (χ3v) is 3.76. The zero-order valence-electron chi connectivity index (χ0n) is 13.2. The summed E-state index contributed by atoms with van der Waals surface area (Å²) in [5.41, 5.74) is 5.02. The summed E-state index contributed by atoms with van der Waals surface area (Å²) in [6.45, 7) is -0.209. The average molecular weight is 355 g/mol. The molecule has 0 saturated carbocycles. The lowest BCUT2D eigenvalue weighted by atomic mass is 10.1. The van der Waals surface area contributed by atoms with Crippen LogP contribution in [0.3, 0.4) is 0 Å². The Morgan fingerprint density at radius 2 is 1.60 bits per heavy atom. The minimum Gasteiger partial charge on any atom is -0.484 e. The Morgan fingerprint density at radius 3 is 2.36 bits per heavy atom. The number of halogens is 1. The molecule has 2 amide bonds. The molecule has 3 aromatic rings. The summed E-state index contributed by atoms with van der Waals surface area (Å²) in [5.74, 6) is -0.316. The van der Waals surface area contributed by atoms with E-state index < -0.39 is 11.8 Å². The maximum absolute atomic E-state index is 11.9. The molecule has 0 atom stereocenters. The Hall–Kier alpha value is -3.05. The van der Waals surface area contributed by atoms with Gasteiger partial charge in [-0.3, -0.25) is 20.4 Å². The molecule has 0 unspecified atom stereocenters. The summed E-state index contributed by atoms with van der Waals surface area (Å²) in [7, 11) is 0. The molecule has 0 fully saturated rings. The quantitative estimate of drug-likeness (QED) is 0.706. The van der Waals surface area contributed by atoms with Gasteiger partial charge in [0.15, 0.2) is 6.61 Å². The molecule has 0 radical (unpaired) electrons. The molecule has 0 aliphatic rings. The van der Waals surface area contributed by atoms with Crippen LogP contribution >= 0.6 is 11.6 Å². The predicted molar refractivity (Wildman–Crippen MR) is 96.5 cm³/mol. The summed E-state index contributed by atoms with van der Waals surface area (Å²) in [4.78, 5) is 23.7. The van der Waals surface area contributed by atoms with Gasteiger partial charge >= 0.3 is 0 Å². The van der Waals surface area contributed by atoms with E-state index in [0.717, 1.165) is 10.8 Å². The molecule has 3 rings (SSSR count). The molecule has 25 heavy (non-hydrogen) atoms. The molecule has 126 valence electrons. The highest BCUT2D eigenvalue weighted by atomic mass is 35.5. The first-order valence-electron chi connectivity index (χ1n) is 7.58. The number of ether oxygens (including phenoxy) is 1. The number of carbonyl (C=O) groups excluding carboxylic acids is 2. The van der Waals surface area contributed by atoms with Crippen LogP contribution in [0, 0.1) is 0 Å². The van der Waals surface area contributed by atoms with Crippen molar-refractivity contribution in [1.29, 1.82) is 0 Å². The van der Waals surface area contributed by atoms with Gasteiger partial charge in [0.2, 0.25) is 0 Å². The minimum absolute atomic E-state index is 0.209. The van der Waals surface area contributed by atoms with Crippen molar-refractivity contribution in [2.45, 2.75) is 0 Å². The van der Waals surface area contributed by atoms with Crippen LogP contribution in [0.4, 0.5) is 0 Å². The number of hydrogen-bond acceptors (Lipinski definition) is 3. The standard InChI is InChI=1S/C19H15ClN2O3/c20-16-8-5-14(6-9-16)19(24)22-21-18(23)12-25-17-10-7-13-3-1-2-4-15(13)11-17/h1-11H,12H2,(H,21,23)(H,22,24). The maximum Gasteiger partial charge on any atom is 0.276 e. The number of nitrogens with one attached hydrogen (secondary N) is 2. The fourth-order valence-electron chi connectivity index (χ4n) is 2.24. The molecule has 0 bridgehead atoms. The van der Waals surface area contributed by atoms with Crippen LogP contribution in [0.1, 0.15) is 10.4 Å².